The molecule has 0 heterocycles. The molecule has 0 unspecified atom stereocenters. The van der Waals surface area contributed by atoms with Gasteiger partial charge >= 0.3 is 0 Å². The van der Waals surface area contributed by atoms with Gasteiger partial charge < -0.3 is 9.80 Å². The van der Waals surface area contributed by atoms with Crippen LogP contribution in [-0.2, 0) is 0 Å². The van der Waals surface area contributed by atoms with Crippen LogP contribution < -0.4 is 0 Å². The van der Waals surface area contributed by atoms with Crippen molar-refractivity contribution >= 4 is 0 Å². The molecule has 0 spiro atoms. The van der Waals surface area contributed by atoms with Gasteiger partial charge in [0.05, 0.1) is 0 Å². The van der Waals surface area contributed by atoms with Crippen molar-refractivity contribution < 1.29 is 0 Å². The fraction of sp³-hybridized carbons (Fsp3) is 0.636. The summed E-state index contributed by atoms with van der Waals surface area (Å²) in [5.41, 5.74) is 2.38. The van der Waals surface area contributed by atoms with E-state index in [1.165, 1.54) is 5.57 Å². The predicted molar refractivity (Wildman–Crippen MR) is 59.8 cm³/mol. The van der Waals surface area contributed by atoms with Crippen LogP contribution >= 0.6 is 0 Å². The normalized spacial score (nSPS) is 10.0. The maximum atomic E-state index is 4.00. The maximum absolute atomic E-state index is 4.00. The van der Waals surface area contributed by atoms with E-state index in [0.29, 0.717) is 0 Å². The van der Waals surface area contributed by atoms with Crippen LogP contribution in [0.1, 0.15) is 13.8 Å². The molecule has 0 aromatic carbocycles. The Bertz CT molecular complexity index is 188. The number of hydrogen-bond acceptors (Lipinski definition) is 2. The first-order valence-corrected chi connectivity index (χ1v) is 4.63. The molecule has 0 fully saturated rings. The summed E-state index contributed by atoms with van der Waals surface area (Å²) in [5.74, 6) is 0. The number of allylic oxidation sites excluding steroid dienone is 2. The molecule has 0 aliphatic rings. The van der Waals surface area contributed by atoms with Gasteiger partial charge in [-0.1, -0.05) is 12.2 Å². The van der Waals surface area contributed by atoms with Crippen LogP contribution in [0.4, 0.5) is 0 Å². The van der Waals surface area contributed by atoms with Crippen molar-refractivity contribution in [3.8, 4) is 0 Å². The average molecular weight is 182 g/mol. The van der Waals surface area contributed by atoms with Gasteiger partial charge in [-0.05, 0) is 34.0 Å². The summed E-state index contributed by atoms with van der Waals surface area (Å²) in [6, 6.07) is 0. The minimum Gasteiger partial charge on any atom is -0.374 e. The molecule has 2 heteroatoms. The molecule has 0 saturated carbocycles. The predicted octanol–water partition coefficient (Wildman–Crippen LogP) is 1.96. The first-order chi connectivity index (χ1) is 5.93. The third-order valence-electron chi connectivity index (χ3n) is 1.83. The molecule has 0 bridgehead atoms. The summed E-state index contributed by atoms with van der Waals surface area (Å²) in [4.78, 5) is 4.35. The van der Waals surface area contributed by atoms with Crippen molar-refractivity contribution in [1.29, 1.82) is 0 Å². The van der Waals surface area contributed by atoms with Crippen molar-refractivity contribution in [1.82, 2.24) is 9.80 Å². The summed E-state index contributed by atoms with van der Waals surface area (Å²) in [6.07, 6.45) is 2.11. The lowest BCUT2D eigenvalue weighted by Crippen LogP contribution is -2.27. The molecule has 0 N–H and O–H groups in total. The van der Waals surface area contributed by atoms with Crippen LogP contribution in [0.3, 0.4) is 0 Å². The quantitative estimate of drug-likeness (QED) is 0.600. The highest BCUT2D eigenvalue weighted by Crippen LogP contribution is 2.03. The summed E-state index contributed by atoms with van der Waals surface area (Å²) in [7, 11) is 6.24. The number of hydrogen-bond donors (Lipinski definition) is 0. The molecule has 0 rings (SSSR count). The molecule has 76 valence electrons. The molecule has 2 nitrogen and oxygen atoms in total. The Kier molecular flexibility index (Phi) is 5.47. The summed E-state index contributed by atoms with van der Waals surface area (Å²) in [6.45, 7) is 10.3. The van der Waals surface area contributed by atoms with Gasteiger partial charge in [0.25, 0.3) is 0 Å². The molecule has 0 aromatic rings. The van der Waals surface area contributed by atoms with Gasteiger partial charge in [-0.2, -0.15) is 0 Å². The second kappa shape index (κ2) is 5.81. The van der Waals surface area contributed by atoms with Crippen molar-refractivity contribution in [2.75, 3.05) is 34.2 Å². The van der Waals surface area contributed by atoms with Crippen molar-refractivity contribution in [3.63, 3.8) is 0 Å². The highest BCUT2D eigenvalue weighted by atomic mass is 15.2. The lowest BCUT2D eigenvalue weighted by atomic mass is 10.2. The SMILES string of the molecule is C=C(C=C(C)C)N(C)CCN(C)C. The Hall–Kier alpha value is -0.760. The molecule has 0 atom stereocenters. The van der Waals surface area contributed by atoms with E-state index < -0.39 is 0 Å². The minimum absolute atomic E-state index is 1.02. The second-order valence-corrected chi connectivity index (χ2v) is 3.94. The van der Waals surface area contributed by atoms with E-state index >= 15 is 0 Å². The minimum atomic E-state index is 1.02. The van der Waals surface area contributed by atoms with Gasteiger partial charge in [0.2, 0.25) is 0 Å². The van der Waals surface area contributed by atoms with Gasteiger partial charge in [-0.3, -0.25) is 0 Å². The van der Waals surface area contributed by atoms with Crippen LogP contribution in [0.2, 0.25) is 0 Å². The van der Waals surface area contributed by atoms with Crippen LogP contribution in [0.5, 0.6) is 0 Å². The lowest BCUT2D eigenvalue weighted by Gasteiger charge is -2.21. The Morgan fingerprint density at radius 1 is 1.15 bits per heavy atom. The van der Waals surface area contributed by atoms with E-state index in [4.69, 9.17) is 0 Å². The summed E-state index contributed by atoms with van der Waals surface area (Å²) < 4.78 is 0. The lowest BCUT2D eigenvalue weighted by molar-refractivity contribution is 0.331. The molecule has 0 saturated heterocycles. The van der Waals surface area contributed by atoms with Crippen LogP contribution in [0.25, 0.3) is 0 Å². The standard InChI is InChI=1S/C11H22N2/c1-10(2)9-11(3)13(6)8-7-12(4)5/h9H,3,7-8H2,1-2,4-6H3. The Morgan fingerprint density at radius 2 is 1.69 bits per heavy atom. The monoisotopic (exact) mass is 182 g/mol. The fourth-order valence-corrected chi connectivity index (χ4v) is 0.937. The Balaban J connectivity index is 3.90. The molecule has 13 heavy (non-hydrogen) atoms. The zero-order valence-electron chi connectivity index (χ0n) is 9.59. The van der Waals surface area contributed by atoms with Gasteiger partial charge in [-0.15, -0.1) is 0 Å². The first kappa shape index (κ1) is 12.2. The van der Waals surface area contributed by atoms with Gasteiger partial charge in [0.1, 0.15) is 0 Å². The average Bonchev–Trinajstić information content (AvgIpc) is 1.98. The van der Waals surface area contributed by atoms with Crippen molar-refractivity contribution in [2.45, 2.75) is 13.8 Å². The van der Waals surface area contributed by atoms with Crippen LogP contribution in [-0.4, -0.2) is 44.0 Å². The van der Waals surface area contributed by atoms with Crippen molar-refractivity contribution in [3.05, 3.63) is 23.9 Å². The summed E-state index contributed by atoms with van der Waals surface area (Å²) in [5, 5.41) is 0. The first-order valence-electron chi connectivity index (χ1n) is 4.63. The molecular weight excluding hydrogens is 160 g/mol. The van der Waals surface area contributed by atoms with E-state index in [9.17, 15) is 0 Å². The molecular formula is C11H22N2. The number of likely N-dealkylation sites (N-methyl/N-ethyl adjacent to an activating group) is 2. The Morgan fingerprint density at radius 3 is 2.08 bits per heavy atom. The Labute approximate surface area is 82.5 Å². The largest absolute Gasteiger partial charge is 0.374 e. The highest BCUT2D eigenvalue weighted by molar-refractivity contribution is 5.16. The van der Waals surface area contributed by atoms with E-state index in [2.05, 4.69) is 57.4 Å². The van der Waals surface area contributed by atoms with Gasteiger partial charge in [0, 0.05) is 25.8 Å². The molecule has 0 radical (unpaired) electrons. The number of rotatable bonds is 5. The third-order valence-corrected chi connectivity index (χ3v) is 1.83. The highest BCUT2D eigenvalue weighted by Gasteiger charge is 1.99. The molecule has 0 amide bonds. The molecule has 0 aromatic heterocycles. The second-order valence-electron chi connectivity index (χ2n) is 3.94. The van der Waals surface area contributed by atoms with Gasteiger partial charge in [-0.25, -0.2) is 0 Å². The number of nitrogens with zero attached hydrogens (tertiary/aromatic N) is 2. The molecule has 0 aliphatic carbocycles. The fourth-order valence-electron chi connectivity index (χ4n) is 0.937. The maximum Gasteiger partial charge on any atom is 0.0302 e. The van der Waals surface area contributed by atoms with E-state index in [0.717, 1.165) is 18.8 Å². The van der Waals surface area contributed by atoms with Crippen LogP contribution in [0.15, 0.2) is 23.9 Å². The zero-order valence-corrected chi connectivity index (χ0v) is 9.59. The topological polar surface area (TPSA) is 6.48 Å². The van der Waals surface area contributed by atoms with E-state index in [-0.39, 0.29) is 0 Å². The van der Waals surface area contributed by atoms with Crippen molar-refractivity contribution in [2.24, 2.45) is 0 Å². The smallest absolute Gasteiger partial charge is 0.0302 e. The van der Waals surface area contributed by atoms with Crippen LogP contribution in [0, 0.1) is 0 Å². The summed E-state index contributed by atoms with van der Waals surface area (Å²) >= 11 is 0. The zero-order chi connectivity index (χ0) is 10.4. The third kappa shape index (κ3) is 6.41. The molecule has 0 aliphatic heterocycles. The van der Waals surface area contributed by atoms with Gasteiger partial charge in [0.15, 0.2) is 0 Å². The van der Waals surface area contributed by atoms with E-state index in [1.807, 2.05) is 0 Å². The van der Waals surface area contributed by atoms with E-state index in [1.54, 1.807) is 0 Å².